The summed E-state index contributed by atoms with van der Waals surface area (Å²) in [6.45, 7) is 3.45. The second kappa shape index (κ2) is 10.2. The Morgan fingerprint density at radius 2 is 1.68 bits per heavy atom. The predicted octanol–water partition coefficient (Wildman–Crippen LogP) is 3.48. The second-order valence-corrected chi connectivity index (χ2v) is 11.3. The first-order valence-corrected chi connectivity index (χ1v) is 13.3. The van der Waals surface area contributed by atoms with Gasteiger partial charge in [-0.2, -0.15) is 13.2 Å². The molecule has 0 bridgehead atoms. The quantitative estimate of drug-likeness (QED) is 0.560. The standard InChI is InChI=1S/C25H28F3N3O5S/c1-15(32)29-12-11-24(3,25(26,27)28)18-5-7-19(8-6-18)30-23(34)22-21-10-9-20(37(4,35)36)13-17(21)14-31(22)16(2)33/h5-10,13,22H,11-12,14H2,1-4H3,(H,29,32)(H,30,34). The summed E-state index contributed by atoms with van der Waals surface area (Å²) in [5.41, 5.74) is -1.04. The van der Waals surface area contributed by atoms with Gasteiger partial charge in [-0.15, -0.1) is 0 Å². The van der Waals surface area contributed by atoms with Crippen molar-refractivity contribution >= 4 is 33.2 Å². The van der Waals surface area contributed by atoms with Gasteiger partial charge < -0.3 is 15.5 Å². The smallest absolute Gasteiger partial charge is 0.356 e. The molecule has 8 nitrogen and oxygen atoms in total. The van der Waals surface area contributed by atoms with Crippen LogP contribution < -0.4 is 10.6 Å². The van der Waals surface area contributed by atoms with E-state index in [9.17, 15) is 36.0 Å². The lowest BCUT2D eigenvalue weighted by Gasteiger charge is -2.33. The molecule has 0 aliphatic carbocycles. The van der Waals surface area contributed by atoms with E-state index in [0.29, 0.717) is 11.1 Å². The fraction of sp³-hybridized carbons (Fsp3) is 0.400. The average Bonchev–Trinajstić information content (AvgIpc) is 3.17. The fourth-order valence-corrected chi connectivity index (χ4v) is 4.98. The van der Waals surface area contributed by atoms with Crippen LogP contribution in [-0.2, 0) is 36.2 Å². The summed E-state index contributed by atoms with van der Waals surface area (Å²) in [5.74, 6) is -1.41. The molecular formula is C25H28F3N3O5S. The number of nitrogens with one attached hydrogen (secondary N) is 2. The van der Waals surface area contributed by atoms with Crippen LogP contribution in [0.5, 0.6) is 0 Å². The van der Waals surface area contributed by atoms with Gasteiger partial charge in [0.1, 0.15) is 6.04 Å². The Kier molecular flexibility index (Phi) is 7.73. The Morgan fingerprint density at radius 3 is 2.19 bits per heavy atom. The zero-order valence-electron chi connectivity index (χ0n) is 20.8. The monoisotopic (exact) mass is 539 g/mol. The van der Waals surface area contributed by atoms with Crippen molar-refractivity contribution in [2.24, 2.45) is 0 Å². The summed E-state index contributed by atoms with van der Waals surface area (Å²) in [6.07, 6.45) is -3.90. The molecule has 2 aromatic carbocycles. The molecule has 1 heterocycles. The minimum Gasteiger partial charge on any atom is -0.356 e. The van der Waals surface area contributed by atoms with Gasteiger partial charge in [0.25, 0.3) is 5.91 Å². The van der Waals surface area contributed by atoms with Gasteiger partial charge in [0.2, 0.25) is 11.8 Å². The molecule has 2 N–H and O–H groups in total. The molecule has 37 heavy (non-hydrogen) atoms. The van der Waals surface area contributed by atoms with Crippen molar-refractivity contribution in [1.82, 2.24) is 10.2 Å². The third-order valence-corrected chi connectivity index (χ3v) is 7.67. The normalized spacial score (nSPS) is 17.1. The van der Waals surface area contributed by atoms with Crippen LogP contribution in [0, 0.1) is 0 Å². The Bertz CT molecular complexity index is 1330. The number of sulfone groups is 1. The highest BCUT2D eigenvalue weighted by Gasteiger charge is 2.51. The first kappa shape index (κ1) is 28.2. The van der Waals surface area contributed by atoms with Crippen LogP contribution in [0.4, 0.5) is 18.9 Å². The number of rotatable bonds is 7. The number of halogens is 3. The first-order valence-electron chi connectivity index (χ1n) is 11.4. The van der Waals surface area contributed by atoms with Crippen molar-refractivity contribution in [2.75, 3.05) is 18.1 Å². The summed E-state index contributed by atoms with van der Waals surface area (Å²) in [6, 6.07) is 8.48. The lowest BCUT2D eigenvalue weighted by atomic mass is 9.78. The number of alkyl halides is 3. The second-order valence-electron chi connectivity index (χ2n) is 9.31. The molecule has 0 spiro atoms. The predicted molar refractivity (Wildman–Crippen MR) is 130 cm³/mol. The maximum absolute atomic E-state index is 13.9. The van der Waals surface area contributed by atoms with Crippen LogP contribution in [-0.4, -0.2) is 50.0 Å². The highest BCUT2D eigenvalue weighted by atomic mass is 32.2. The molecule has 0 aromatic heterocycles. The van der Waals surface area contributed by atoms with Gasteiger partial charge in [-0.3, -0.25) is 14.4 Å². The molecule has 0 fully saturated rings. The van der Waals surface area contributed by atoms with Gasteiger partial charge in [0.15, 0.2) is 9.84 Å². The first-order chi connectivity index (χ1) is 17.0. The maximum atomic E-state index is 13.9. The van der Waals surface area contributed by atoms with E-state index < -0.39 is 45.2 Å². The van der Waals surface area contributed by atoms with Gasteiger partial charge in [0.05, 0.1) is 10.3 Å². The van der Waals surface area contributed by atoms with E-state index >= 15 is 0 Å². The van der Waals surface area contributed by atoms with Gasteiger partial charge >= 0.3 is 6.18 Å². The minimum absolute atomic E-state index is 0.0340. The molecule has 3 rings (SSSR count). The van der Waals surface area contributed by atoms with Crippen molar-refractivity contribution in [3.63, 3.8) is 0 Å². The lowest BCUT2D eigenvalue weighted by molar-refractivity contribution is -0.187. The summed E-state index contributed by atoms with van der Waals surface area (Å²) in [7, 11) is -3.49. The van der Waals surface area contributed by atoms with Gasteiger partial charge in [-0.1, -0.05) is 18.2 Å². The minimum atomic E-state index is -4.59. The number of fused-ring (bicyclic) bond motifs is 1. The summed E-state index contributed by atoms with van der Waals surface area (Å²) in [5, 5.41) is 5.02. The highest BCUT2D eigenvalue weighted by Crippen LogP contribution is 2.43. The van der Waals surface area contributed by atoms with Crippen molar-refractivity contribution in [3.8, 4) is 0 Å². The molecule has 2 aromatic rings. The Morgan fingerprint density at radius 1 is 1.05 bits per heavy atom. The molecule has 0 saturated carbocycles. The Balaban J connectivity index is 1.85. The third-order valence-electron chi connectivity index (χ3n) is 6.56. The topological polar surface area (TPSA) is 113 Å². The maximum Gasteiger partial charge on any atom is 0.398 e. The van der Waals surface area contributed by atoms with Crippen molar-refractivity contribution in [2.45, 2.75) is 56.3 Å². The van der Waals surface area contributed by atoms with Crippen LogP contribution in [0.3, 0.4) is 0 Å². The van der Waals surface area contributed by atoms with Crippen molar-refractivity contribution in [3.05, 3.63) is 59.2 Å². The van der Waals surface area contributed by atoms with E-state index in [1.54, 1.807) is 0 Å². The SMILES string of the molecule is CC(=O)NCCC(C)(c1ccc(NC(=O)C2c3ccc(S(C)(=O)=O)cc3CN2C(C)=O)cc1)C(F)(F)F. The van der Waals surface area contributed by atoms with Crippen LogP contribution in [0.2, 0.25) is 0 Å². The molecule has 0 saturated heterocycles. The van der Waals surface area contributed by atoms with Gasteiger partial charge in [0, 0.05) is 38.9 Å². The number of benzene rings is 2. The van der Waals surface area contributed by atoms with E-state index in [2.05, 4.69) is 10.6 Å². The largest absolute Gasteiger partial charge is 0.398 e. The zero-order valence-corrected chi connectivity index (χ0v) is 21.6. The molecule has 3 amide bonds. The van der Waals surface area contributed by atoms with Gasteiger partial charge in [-0.25, -0.2) is 8.42 Å². The zero-order chi connectivity index (χ0) is 27.8. The molecule has 2 atom stereocenters. The summed E-state index contributed by atoms with van der Waals surface area (Å²) in [4.78, 5) is 37.9. The molecule has 0 radical (unpaired) electrons. The van der Waals surface area contributed by atoms with Gasteiger partial charge in [-0.05, 0) is 54.3 Å². The Hall–Kier alpha value is -3.41. The number of nitrogens with zero attached hydrogens (tertiary/aromatic N) is 1. The number of carbonyl (C=O) groups is 3. The molecular weight excluding hydrogens is 511 g/mol. The molecule has 2 unspecified atom stereocenters. The summed E-state index contributed by atoms with van der Waals surface area (Å²) >= 11 is 0. The van der Waals surface area contributed by atoms with E-state index in [1.165, 1.54) is 61.2 Å². The van der Waals surface area contributed by atoms with Crippen molar-refractivity contribution in [1.29, 1.82) is 0 Å². The van der Waals surface area contributed by atoms with Crippen LogP contribution >= 0.6 is 0 Å². The molecule has 1 aliphatic heterocycles. The van der Waals surface area contributed by atoms with Crippen LogP contribution in [0.25, 0.3) is 0 Å². The number of hydrogen-bond acceptors (Lipinski definition) is 5. The number of amides is 3. The fourth-order valence-electron chi connectivity index (χ4n) is 4.31. The van der Waals surface area contributed by atoms with E-state index in [1.807, 2.05) is 0 Å². The van der Waals surface area contributed by atoms with E-state index in [0.717, 1.165) is 13.2 Å². The highest BCUT2D eigenvalue weighted by molar-refractivity contribution is 7.90. The number of anilines is 1. The number of hydrogen-bond donors (Lipinski definition) is 2. The molecule has 1 aliphatic rings. The van der Waals surface area contributed by atoms with Crippen molar-refractivity contribution < 1.29 is 36.0 Å². The van der Waals surface area contributed by atoms with E-state index in [-0.39, 0.29) is 35.7 Å². The lowest BCUT2D eigenvalue weighted by Crippen LogP contribution is -2.42. The van der Waals surface area contributed by atoms with E-state index in [4.69, 9.17) is 0 Å². The Labute approximate surface area is 213 Å². The molecule has 12 heteroatoms. The number of carbonyl (C=O) groups excluding carboxylic acids is 3. The summed E-state index contributed by atoms with van der Waals surface area (Å²) < 4.78 is 65.6. The third kappa shape index (κ3) is 5.95. The van der Waals surface area contributed by atoms with Crippen LogP contribution in [0.15, 0.2) is 47.4 Å². The molecule has 200 valence electrons. The van der Waals surface area contributed by atoms with Crippen LogP contribution in [0.1, 0.15) is 49.9 Å². The average molecular weight is 540 g/mol.